The van der Waals surface area contributed by atoms with Crippen LogP contribution in [-0.4, -0.2) is 33.0 Å². The minimum Gasteiger partial charge on any atom is -0.348 e. The van der Waals surface area contributed by atoms with Gasteiger partial charge in [0.2, 0.25) is 0 Å². The molecular formula is C21H25N3O3S. The van der Waals surface area contributed by atoms with Crippen LogP contribution in [-0.2, 0) is 15.6 Å². The highest BCUT2D eigenvalue weighted by atomic mass is 32.2. The molecule has 1 aliphatic heterocycles. The molecule has 2 fully saturated rings. The molecule has 2 aromatic carbocycles. The molecule has 1 saturated heterocycles. The van der Waals surface area contributed by atoms with Gasteiger partial charge in [0, 0.05) is 24.2 Å². The zero-order chi connectivity index (χ0) is 19.6. The zero-order valence-electron chi connectivity index (χ0n) is 15.6. The van der Waals surface area contributed by atoms with Gasteiger partial charge < -0.3 is 5.32 Å². The maximum Gasteiger partial charge on any atom is 0.251 e. The maximum atomic E-state index is 12.8. The molecule has 1 heterocycles. The lowest BCUT2D eigenvalue weighted by atomic mass is 9.82. The van der Waals surface area contributed by atoms with Crippen LogP contribution < -0.4 is 16.2 Å². The van der Waals surface area contributed by atoms with Gasteiger partial charge in [-0.1, -0.05) is 36.8 Å². The minimum atomic E-state index is -3.44. The Bertz CT molecular complexity index is 946. The molecule has 1 amide bonds. The SMILES string of the molecule is O=C(NC1CCCC2CNNC21)c1cccc(CS(=O)(=O)c2ccccc2)c1. The van der Waals surface area contributed by atoms with Gasteiger partial charge in [0.25, 0.3) is 5.91 Å². The van der Waals surface area contributed by atoms with E-state index >= 15 is 0 Å². The Morgan fingerprint density at radius 1 is 1.07 bits per heavy atom. The Balaban J connectivity index is 1.47. The van der Waals surface area contributed by atoms with Gasteiger partial charge in [-0.15, -0.1) is 0 Å². The average Bonchev–Trinajstić information content (AvgIpc) is 3.18. The summed E-state index contributed by atoms with van der Waals surface area (Å²) >= 11 is 0. The van der Waals surface area contributed by atoms with Crippen molar-refractivity contribution in [2.24, 2.45) is 5.92 Å². The third kappa shape index (κ3) is 4.11. The molecule has 3 unspecified atom stereocenters. The van der Waals surface area contributed by atoms with Crippen LogP contribution >= 0.6 is 0 Å². The third-order valence-corrected chi connectivity index (χ3v) is 7.33. The van der Waals surface area contributed by atoms with Crippen LogP contribution in [0.4, 0.5) is 0 Å². The number of hydrogen-bond acceptors (Lipinski definition) is 5. The van der Waals surface area contributed by atoms with Crippen LogP contribution in [0.25, 0.3) is 0 Å². The molecule has 28 heavy (non-hydrogen) atoms. The molecule has 0 aromatic heterocycles. The number of hydrazine groups is 1. The summed E-state index contributed by atoms with van der Waals surface area (Å²) in [5, 5.41) is 3.14. The summed E-state index contributed by atoms with van der Waals surface area (Å²) in [7, 11) is -3.44. The Kier molecular flexibility index (Phi) is 5.48. The first kappa shape index (κ1) is 19.1. The summed E-state index contributed by atoms with van der Waals surface area (Å²) < 4.78 is 25.2. The van der Waals surface area contributed by atoms with Crippen LogP contribution in [0.3, 0.4) is 0 Å². The number of benzene rings is 2. The Morgan fingerprint density at radius 2 is 1.89 bits per heavy atom. The van der Waals surface area contributed by atoms with E-state index in [4.69, 9.17) is 0 Å². The number of rotatable bonds is 5. The number of fused-ring (bicyclic) bond motifs is 1. The standard InChI is InChI=1S/C21H25N3O3S/c25-21(23-19-11-5-8-17-13-22-24-20(17)19)16-7-4-6-15(12-16)14-28(26,27)18-9-2-1-3-10-18/h1-4,6-7,9-10,12,17,19-20,22,24H,5,8,11,13-14H2,(H,23,25). The fourth-order valence-corrected chi connectivity index (χ4v) is 5.55. The van der Waals surface area contributed by atoms with Crippen molar-refractivity contribution in [3.8, 4) is 0 Å². The fourth-order valence-electron chi connectivity index (χ4n) is 4.19. The minimum absolute atomic E-state index is 0.0814. The number of hydrogen-bond donors (Lipinski definition) is 3. The van der Waals surface area contributed by atoms with Gasteiger partial charge in [-0.05, 0) is 48.6 Å². The molecule has 0 bridgehead atoms. The zero-order valence-corrected chi connectivity index (χ0v) is 16.4. The third-order valence-electron chi connectivity index (χ3n) is 5.63. The van der Waals surface area contributed by atoms with E-state index < -0.39 is 9.84 Å². The number of nitrogens with one attached hydrogen (secondary N) is 3. The summed E-state index contributed by atoms with van der Waals surface area (Å²) in [5.41, 5.74) is 7.58. The quantitative estimate of drug-likeness (QED) is 0.716. The van der Waals surface area contributed by atoms with Gasteiger partial charge in [0.05, 0.1) is 10.6 Å². The highest BCUT2D eigenvalue weighted by Gasteiger charge is 2.37. The van der Waals surface area contributed by atoms with Crippen molar-refractivity contribution >= 4 is 15.7 Å². The van der Waals surface area contributed by atoms with E-state index in [0.29, 0.717) is 17.0 Å². The van der Waals surface area contributed by atoms with Crippen molar-refractivity contribution in [1.82, 2.24) is 16.2 Å². The monoisotopic (exact) mass is 399 g/mol. The molecule has 3 atom stereocenters. The van der Waals surface area contributed by atoms with Crippen molar-refractivity contribution in [1.29, 1.82) is 0 Å². The van der Waals surface area contributed by atoms with Crippen LogP contribution in [0.2, 0.25) is 0 Å². The summed E-state index contributed by atoms with van der Waals surface area (Å²) in [6.45, 7) is 0.934. The lowest BCUT2D eigenvalue weighted by Gasteiger charge is -2.33. The summed E-state index contributed by atoms with van der Waals surface area (Å²) in [5.74, 6) is 0.261. The summed E-state index contributed by atoms with van der Waals surface area (Å²) in [6.07, 6.45) is 3.22. The average molecular weight is 400 g/mol. The van der Waals surface area contributed by atoms with Gasteiger partial charge in [0.1, 0.15) is 0 Å². The highest BCUT2D eigenvalue weighted by Crippen LogP contribution is 2.27. The summed E-state index contributed by atoms with van der Waals surface area (Å²) in [4.78, 5) is 13.1. The molecule has 0 spiro atoms. The first-order valence-electron chi connectivity index (χ1n) is 9.69. The molecule has 1 aliphatic carbocycles. The predicted octanol–water partition coefficient (Wildman–Crippen LogP) is 2.04. The second-order valence-corrected chi connectivity index (χ2v) is 9.58. The molecule has 2 aliphatic rings. The highest BCUT2D eigenvalue weighted by molar-refractivity contribution is 7.90. The van der Waals surface area contributed by atoms with E-state index in [9.17, 15) is 13.2 Å². The Labute approximate surface area is 165 Å². The molecule has 148 valence electrons. The maximum absolute atomic E-state index is 12.8. The van der Waals surface area contributed by atoms with Crippen LogP contribution in [0.1, 0.15) is 35.2 Å². The van der Waals surface area contributed by atoms with Gasteiger partial charge >= 0.3 is 0 Å². The van der Waals surface area contributed by atoms with Crippen molar-refractivity contribution in [2.75, 3.05) is 6.54 Å². The molecule has 6 nitrogen and oxygen atoms in total. The van der Waals surface area contributed by atoms with E-state index in [1.165, 1.54) is 6.42 Å². The Hall–Kier alpha value is -2.22. The lowest BCUT2D eigenvalue weighted by molar-refractivity contribution is 0.0909. The first-order chi connectivity index (χ1) is 13.5. The van der Waals surface area contributed by atoms with Crippen molar-refractivity contribution in [3.05, 3.63) is 65.7 Å². The van der Waals surface area contributed by atoms with Gasteiger partial charge in [0.15, 0.2) is 9.84 Å². The molecule has 3 N–H and O–H groups in total. The number of amides is 1. The Morgan fingerprint density at radius 3 is 2.71 bits per heavy atom. The fraction of sp³-hybridized carbons (Fsp3) is 0.381. The van der Waals surface area contributed by atoms with E-state index in [2.05, 4.69) is 16.2 Å². The normalized spacial score (nSPS) is 24.5. The first-order valence-corrected chi connectivity index (χ1v) is 11.3. The molecule has 2 aromatic rings. The second kappa shape index (κ2) is 8.03. The van der Waals surface area contributed by atoms with Gasteiger partial charge in [-0.25, -0.2) is 8.42 Å². The van der Waals surface area contributed by atoms with E-state index in [0.717, 1.165) is 19.4 Å². The molecule has 4 rings (SSSR count). The largest absolute Gasteiger partial charge is 0.348 e. The molecule has 1 saturated carbocycles. The number of carbonyl (C=O) groups excluding carboxylic acids is 1. The van der Waals surface area contributed by atoms with Crippen molar-refractivity contribution < 1.29 is 13.2 Å². The van der Waals surface area contributed by atoms with Gasteiger partial charge in [-0.2, -0.15) is 0 Å². The van der Waals surface area contributed by atoms with Crippen molar-refractivity contribution in [2.45, 2.75) is 42.0 Å². The molecular weight excluding hydrogens is 374 g/mol. The van der Waals surface area contributed by atoms with Crippen LogP contribution in [0, 0.1) is 5.92 Å². The van der Waals surface area contributed by atoms with E-state index in [1.807, 2.05) is 0 Å². The topological polar surface area (TPSA) is 87.3 Å². The second-order valence-electron chi connectivity index (χ2n) is 7.59. The lowest BCUT2D eigenvalue weighted by Crippen LogP contribution is -2.53. The smallest absolute Gasteiger partial charge is 0.251 e. The molecule has 7 heteroatoms. The summed E-state index contributed by atoms with van der Waals surface area (Å²) in [6, 6.07) is 15.6. The van der Waals surface area contributed by atoms with Crippen LogP contribution in [0.15, 0.2) is 59.5 Å². The van der Waals surface area contributed by atoms with Crippen LogP contribution in [0.5, 0.6) is 0 Å². The van der Waals surface area contributed by atoms with Crippen molar-refractivity contribution in [3.63, 3.8) is 0 Å². The predicted molar refractivity (Wildman–Crippen MR) is 107 cm³/mol. The van der Waals surface area contributed by atoms with E-state index in [1.54, 1.807) is 54.6 Å². The molecule has 0 radical (unpaired) electrons. The van der Waals surface area contributed by atoms with Gasteiger partial charge in [-0.3, -0.25) is 15.6 Å². The number of sulfone groups is 1. The van der Waals surface area contributed by atoms with E-state index in [-0.39, 0.29) is 28.6 Å². The number of carbonyl (C=O) groups is 1.